The van der Waals surface area contributed by atoms with Gasteiger partial charge in [-0.25, -0.2) is 0 Å². The van der Waals surface area contributed by atoms with Gasteiger partial charge in [-0.05, 0) is 80.3 Å². The van der Waals surface area contributed by atoms with E-state index in [0.29, 0.717) is 40.8 Å². The molecular formula is C26H38O. The first kappa shape index (κ1) is 20.4. The molecule has 0 unspecified atom stereocenters. The zero-order valence-corrected chi connectivity index (χ0v) is 18.3. The molecule has 0 heterocycles. The summed E-state index contributed by atoms with van der Waals surface area (Å²) < 4.78 is 0. The molecule has 1 nitrogen and oxygen atoms in total. The second kappa shape index (κ2) is 7.57. The second-order valence-corrected chi connectivity index (χ2v) is 10.6. The molecule has 3 aliphatic rings. The van der Waals surface area contributed by atoms with Crippen molar-refractivity contribution in [1.82, 2.24) is 0 Å². The van der Waals surface area contributed by atoms with Crippen LogP contribution >= 0.6 is 0 Å². The van der Waals surface area contributed by atoms with Crippen molar-refractivity contribution in [2.45, 2.75) is 80.1 Å². The Kier molecular flexibility index (Phi) is 5.71. The van der Waals surface area contributed by atoms with Crippen molar-refractivity contribution in [1.29, 1.82) is 0 Å². The Morgan fingerprint density at radius 2 is 1.56 bits per heavy atom. The molecule has 27 heavy (non-hydrogen) atoms. The van der Waals surface area contributed by atoms with E-state index in [1.165, 1.54) is 42.4 Å². The van der Waals surface area contributed by atoms with Crippen LogP contribution in [0.5, 0.6) is 0 Å². The summed E-state index contributed by atoms with van der Waals surface area (Å²) in [7, 11) is 0. The number of hydrogen-bond acceptors (Lipinski definition) is 1. The third kappa shape index (κ3) is 4.39. The van der Waals surface area contributed by atoms with Gasteiger partial charge in [-0.15, -0.1) is 0 Å². The maximum absolute atomic E-state index is 12.5. The van der Waals surface area contributed by atoms with Gasteiger partial charge in [0, 0.05) is 12.3 Å². The van der Waals surface area contributed by atoms with E-state index >= 15 is 0 Å². The monoisotopic (exact) mass is 366 g/mol. The summed E-state index contributed by atoms with van der Waals surface area (Å²) in [6.07, 6.45) is 18.0. The van der Waals surface area contributed by atoms with Crippen molar-refractivity contribution in [2.24, 2.45) is 28.6 Å². The Bertz CT molecular complexity index is 710. The number of carbonyl (C=O) groups excluding carboxylic acids is 1. The van der Waals surface area contributed by atoms with Crippen molar-refractivity contribution in [3.05, 3.63) is 47.1 Å². The summed E-state index contributed by atoms with van der Waals surface area (Å²) in [4.78, 5) is 12.5. The molecule has 148 valence electrons. The maximum atomic E-state index is 12.5. The molecule has 0 amide bonds. The molecule has 0 saturated heterocycles. The fraction of sp³-hybridized carbons (Fsp3) is 0.654. The van der Waals surface area contributed by atoms with Gasteiger partial charge in [-0.1, -0.05) is 63.1 Å². The van der Waals surface area contributed by atoms with Gasteiger partial charge in [0.2, 0.25) is 0 Å². The van der Waals surface area contributed by atoms with Crippen LogP contribution in [0.4, 0.5) is 0 Å². The fourth-order valence-corrected chi connectivity index (χ4v) is 6.09. The minimum absolute atomic E-state index is 0.292. The van der Waals surface area contributed by atoms with Crippen LogP contribution in [0, 0.1) is 28.6 Å². The molecule has 0 saturated carbocycles. The zero-order valence-electron chi connectivity index (χ0n) is 18.3. The van der Waals surface area contributed by atoms with Crippen molar-refractivity contribution >= 4 is 5.78 Å². The molecule has 0 spiro atoms. The topological polar surface area (TPSA) is 17.1 Å². The van der Waals surface area contributed by atoms with E-state index in [-0.39, 0.29) is 0 Å². The van der Waals surface area contributed by atoms with Crippen molar-refractivity contribution in [3.63, 3.8) is 0 Å². The quantitative estimate of drug-likeness (QED) is 0.482. The molecular weight excluding hydrogens is 328 g/mol. The van der Waals surface area contributed by atoms with Crippen molar-refractivity contribution in [3.8, 4) is 0 Å². The van der Waals surface area contributed by atoms with Crippen molar-refractivity contribution < 1.29 is 4.79 Å². The standard InChI is InChI=1S/C26H38O/c1-18-9-7-13-25(3,4)23(18)12-11-20-15-21(17-22(27)16-20)24-19(2)10-8-14-26(24,5)6/h9-12,16,21,23-24H,7-8,13-15,17H2,1-6H3/b12-11+/t21-,23-,24-/m1/s1. The van der Waals surface area contributed by atoms with Gasteiger partial charge in [-0.2, -0.15) is 0 Å². The molecule has 1 heteroatoms. The van der Waals surface area contributed by atoms with Gasteiger partial charge < -0.3 is 0 Å². The molecule has 3 aliphatic carbocycles. The molecule has 0 aliphatic heterocycles. The van der Waals surface area contributed by atoms with Crippen LogP contribution in [0.15, 0.2) is 47.1 Å². The number of hydrogen-bond donors (Lipinski definition) is 0. The first-order valence-electron chi connectivity index (χ1n) is 10.8. The van der Waals surface area contributed by atoms with Crippen LogP contribution in [-0.4, -0.2) is 5.78 Å². The van der Waals surface area contributed by atoms with E-state index in [2.05, 4.69) is 65.8 Å². The fourth-order valence-electron chi connectivity index (χ4n) is 6.09. The summed E-state index contributed by atoms with van der Waals surface area (Å²) in [5.74, 6) is 1.77. The summed E-state index contributed by atoms with van der Waals surface area (Å²) in [6, 6.07) is 0. The van der Waals surface area contributed by atoms with Crippen LogP contribution in [0.1, 0.15) is 80.1 Å². The van der Waals surface area contributed by atoms with Gasteiger partial charge in [0.1, 0.15) is 0 Å². The summed E-state index contributed by atoms with van der Waals surface area (Å²) >= 11 is 0. The predicted molar refractivity (Wildman–Crippen MR) is 115 cm³/mol. The lowest BCUT2D eigenvalue weighted by molar-refractivity contribution is -0.116. The lowest BCUT2D eigenvalue weighted by Crippen LogP contribution is -2.36. The minimum atomic E-state index is 0.292. The molecule has 0 aromatic rings. The van der Waals surface area contributed by atoms with Crippen LogP contribution in [0.2, 0.25) is 0 Å². The third-order valence-corrected chi connectivity index (χ3v) is 7.46. The Labute approximate surface area is 166 Å². The molecule has 0 radical (unpaired) electrons. The van der Waals surface area contributed by atoms with E-state index in [1.54, 1.807) is 0 Å². The van der Waals surface area contributed by atoms with E-state index in [9.17, 15) is 4.79 Å². The zero-order chi connectivity index (χ0) is 19.8. The van der Waals surface area contributed by atoms with Crippen LogP contribution in [0.3, 0.4) is 0 Å². The highest BCUT2D eigenvalue weighted by Crippen LogP contribution is 2.49. The van der Waals surface area contributed by atoms with Crippen LogP contribution < -0.4 is 0 Å². The minimum Gasteiger partial charge on any atom is -0.295 e. The van der Waals surface area contributed by atoms with E-state index < -0.39 is 0 Å². The average Bonchev–Trinajstić information content (AvgIpc) is 2.52. The highest BCUT2D eigenvalue weighted by atomic mass is 16.1. The normalized spacial score (nSPS) is 33.5. The molecule has 0 aromatic carbocycles. The highest BCUT2D eigenvalue weighted by molar-refractivity contribution is 5.92. The molecule has 0 bridgehead atoms. The summed E-state index contributed by atoms with van der Waals surface area (Å²) in [6.45, 7) is 14.1. The Balaban J connectivity index is 1.80. The molecule has 0 aromatic heterocycles. The molecule has 0 fully saturated rings. The van der Waals surface area contributed by atoms with Gasteiger partial charge in [0.05, 0.1) is 0 Å². The van der Waals surface area contributed by atoms with Gasteiger partial charge >= 0.3 is 0 Å². The second-order valence-electron chi connectivity index (χ2n) is 10.6. The SMILES string of the molecule is CC1=CCCC(C)(C)[C@@H]1/C=C/C1=CC(=O)C[C@H]([C@H]2C(C)=CCCC2(C)C)C1. The van der Waals surface area contributed by atoms with E-state index in [4.69, 9.17) is 0 Å². The maximum Gasteiger partial charge on any atom is 0.156 e. The number of allylic oxidation sites excluding steroid dienone is 8. The number of carbonyl (C=O) groups is 1. The van der Waals surface area contributed by atoms with Gasteiger partial charge in [0.15, 0.2) is 5.78 Å². The van der Waals surface area contributed by atoms with Crippen LogP contribution in [0.25, 0.3) is 0 Å². The Hall–Kier alpha value is -1.37. The molecule has 0 N–H and O–H groups in total. The van der Waals surface area contributed by atoms with Gasteiger partial charge in [-0.3, -0.25) is 4.79 Å². The number of ketones is 1. The Morgan fingerprint density at radius 1 is 0.926 bits per heavy atom. The number of rotatable bonds is 3. The first-order valence-corrected chi connectivity index (χ1v) is 10.8. The van der Waals surface area contributed by atoms with E-state index in [0.717, 1.165) is 6.42 Å². The molecule has 3 atom stereocenters. The summed E-state index contributed by atoms with van der Waals surface area (Å²) in [5.41, 5.74) is 4.81. The van der Waals surface area contributed by atoms with E-state index in [1.807, 2.05) is 6.08 Å². The average molecular weight is 367 g/mol. The third-order valence-electron chi connectivity index (χ3n) is 7.46. The van der Waals surface area contributed by atoms with Crippen LogP contribution in [-0.2, 0) is 4.79 Å². The lowest BCUT2D eigenvalue weighted by Gasteiger charge is -2.44. The highest BCUT2D eigenvalue weighted by Gasteiger charge is 2.40. The molecule has 3 rings (SSSR count). The Morgan fingerprint density at radius 3 is 2.19 bits per heavy atom. The predicted octanol–water partition coefficient (Wildman–Crippen LogP) is 7.21. The smallest absolute Gasteiger partial charge is 0.156 e. The summed E-state index contributed by atoms with van der Waals surface area (Å²) in [5, 5.41) is 0. The largest absolute Gasteiger partial charge is 0.295 e. The van der Waals surface area contributed by atoms with Gasteiger partial charge in [0.25, 0.3) is 0 Å². The van der Waals surface area contributed by atoms with Crippen molar-refractivity contribution in [2.75, 3.05) is 0 Å². The lowest BCUT2D eigenvalue weighted by atomic mass is 9.60. The first-order chi connectivity index (χ1) is 12.6.